The maximum atomic E-state index is 14.4. The molecule has 9 heteroatoms. The van der Waals surface area contributed by atoms with Crippen LogP contribution < -0.4 is 9.61 Å². The van der Waals surface area contributed by atoms with Crippen molar-refractivity contribution in [3.05, 3.63) is 100 Å². The Morgan fingerprint density at radius 3 is 2.43 bits per heavy atom. The molecule has 7 nitrogen and oxygen atoms in total. The second-order valence-electron chi connectivity index (χ2n) is 15.7. The molecule has 0 N–H and O–H groups in total. The molecular formula is C40H47N3O4SSi. The third kappa shape index (κ3) is 6.55. The van der Waals surface area contributed by atoms with E-state index in [4.69, 9.17) is 9.16 Å². The van der Waals surface area contributed by atoms with Gasteiger partial charge in [-0.2, -0.15) is 9.78 Å². The Morgan fingerprint density at radius 1 is 0.980 bits per heavy atom. The first kappa shape index (κ1) is 33.5. The summed E-state index contributed by atoms with van der Waals surface area (Å²) in [6, 6.07) is 17.4. The minimum Gasteiger partial charge on any atom is -0.534 e. The molecule has 7 rings (SSSR count). The molecule has 3 aliphatic rings. The Bertz CT molecular complexity index is 1940. The van der Waals surface area contributed by atoms with Crippen molar-refractivity contribution in [2.45, 2.75) is 109 Å². The molecule has 2 unspecified atom stereocenters. The number of fused-ring (bicyclic) bond motifs is 2. The Morgan fingerprint density at radius 2 is 1.76 bits per heavy atom. The van der Waals surface area contributed by atoms with Crippen molar-refractivity contribution in [1.29, 1.82) is 0 Å². The molecule has 256 valence electrons. The van der Waals surface area contributed by atoms with Gasteiger partial charge in [0.1, 0.15) is 11.4 Å². The lowest BCUT2D eigenvalue weighted by Gasteiger charge is -2.44. The van der Waals surface area contributed by atoms with Crippen molar-refractivity contribution >= 4 is 46.9 Å². The number of hydrogen-bond donors (Lipinski definition) is 0. The zero-order chi connectivity index (χ0) is 34.6. The molecule has 1 amide bonds. The van der Waals surface area contributed by atoms with E-state index >= 15 is 0 Å². The van der Waals surface area contributed by atoms with E-state index in [9.17, 15) is 9.59 Å². The zero-order valence-corrected chi connectivity index (χ0v) is 31.3. The maximum Gasteiger partial charge on any atom is 0.435 e. The molecule has 2 aromatic heterocycles. The van der Waals surface area contributed by atoms with Crippen LogP contribution in [-0.2, 0) is 17.6 Å². The zero-order valence-electron chi connectivity index (χ0n) is 29.5. The number of carbonyl (C=O) groups is 2. The van der Waals surface area contributed by atoms with E-state index in [-0.39, 0.29) is 23.0 Å². The van der Waals surface area contributed by atoms with Crippen molar-refractivity contribution in [3.63, 3.8) is 0 Å². The molecule has 4 aromatic rings. The van der Waals surface area contributed by atoms with E-state index in [2.05, 4.69) is 97.5 Å². The van der Waals surface area contributed by atoms with Crippen molar-refractivity contribution in [2.75, 3.05) is 0 Å². The molecule has 0 saturated heterocycles. The summed E-state index contributed by atoms with van der Waals surface area (Å²) in [7, 11) is -2.74. The van der Waals surface area contributed by atoms with Gasteiger partial charge in [0.2, 0.25) is 0 Å². The summed E-state index contributed by atoms with van der Waals surface area (Å²) >= 11 is 1.61. The van der Waals surface area contributed by atoms with Gasteiger partial charge in [-0.25, -0.2) is 4.79 Å². The largest absolute Gasteiger partial charge is 0.534 e. The quantitative estimate of drug-likeness (QED) is 0.181. The molecule has 49 heavy (non-hydrogen) atoms. The van der Waals surface area contributed by atoms with Gasteiger partial charge in [-0.05, 0) is 105 Å². The monoisotopic (exact) mass is 693 g/mol. The number of nitrogens with zero attached hydrogens (tertiary/aromatic N) is 3. The van der Waals surface area contributed by atoms with Gasteiger partial charge in [0.25, 0.3) is 5.91 Å². The number of aromatic nitrogens is 2. The number of benzene rings is 2. The second kappa shape index (κ2) is 12.7. The predicted molar refractivity (Wildman–Crippen MR) is 199 cm³/mol. The van der Waals surface area contributed by atoms with E-state index in [1.807, 2.05) is 26.2 Å². The van der Waals surface area contributed by atoms with Crippen molar-refractivity contribution in [1.82, 2.24) is 14.7 Å². The summed E-state index contributed by atoms with van der Waals surface area (Å²) in [5.74, 6) is 0.940. The van der Waals surface area contributed by atoms with E-state index in [0.29, 0.717) is 6.42 Å². The van der Waals surface area contributed by atoms with E-state index in [1.165, 1.54) is 15.1 Å². The van der Waals surface area contributed by atoms with Crippen LogP contribution >= 0.6 is 11.3 Å². The van der Waals surface area contributed by atoms with Crippen LogP contribution in [0.15, 0.2) is 83.5 Å². The highest BCUT2D eigenvalue weighted by atomic mass is 32.1. The first-order valence-corrected chi connectivity index (χ1v) is 20.4. The van der Waals surface area contributed by atoms with Gasteiger partial charge in [-0.15, -0.1) is 11.3 Å². The van der Waals surface area contributed by atoms with Crippen LogP contribution in [0.2, 0.25) is 5.04 Å². The van der Waals surface area contributed by atoms with E-state index in [0.717, 1.165) is 71.2 Å². The second-order valence-corrected chi connectivity index (χ2v) is 20.8. The maximum absolute atomic E-state index is 14.4. The average Bonchev–Trinajstić information content (AvgIpc) is 3.64. The van der Waals surface area contributed by atoms with Crippen molar-refractivity contribution < 1.29 is 18.8 Å². The molecule has 1 fully saturated rings. The lowest BCUT2D eigenvalue weighted by molar-refractivity contribution is 0.0513. The van der Waals surface area contributed by atoms with Crippen LogP contribution in [0.4, 0.5) is 4.79 Å². The van der Waals surface area contributed by atoms with Gasteiger partial charge < -0.3 is 14.1 Å². The number of aryl methyl sites for hydroxylation is 1. The minimum atomic E-state index is -2.74. The summed E-state index contributed by atoms with van der Waals surface area (Å²) in [6.45, 7) is 12.5. The number of thiophene rings is 1. The summed E-state index contributed by atoms with van der Waals surface area (Å²) in [6.07, 6.45) is 14.6. The first-order valence-electron chi connectivity index (χ1n) is 17.6. The van der Waals surface area contributed by atoms with Crippen molar-refractivity contribution in [2.24, 2.45) is 0 Å². The van der Waals surface area contributed by atoms with Gasteiger partial charge in [0, 0.05) is 33.7 Å². The fourth-order valence-corrected chi connectivity index (χ4v) is 13.0. The van der Waals surface area contributed by atoms with E-state index < -0.39 is 20.0 Å². The number of allylic oxidation sites excluding steroid dienone is 4. The standard InChI is InChI=1S/C40H47N3O4SSi/c1-39(2,3)46-38(45)42-25-27-23-29(19-22-35(27)41-42)43(28-17-18-28)37(44)34-26-48-36-24-30(20-21-33(34)36)47-49(40(4,5)6,31-13-9-7-10-14-31)32-15-11-8-12-16-32/h7,9-11,13-16,20-21,24-26,28-29H,8,12,17-19,22-23H2,1-6H3. The topological polar surface area (TPSA) is 73.7 Å². The lowest BCUT2D eigenvalue weighted by atomic mass is 9.91. The third-order valence-corrected chi connectivity index (χ3v) is 15.8. The van der Waals surface area contributed by atoms with Gasteiger partial charge in [-0.3, -0.25) is 4.79 Å². The van der Waals surface area contributed by atoms with Gasteiger partial charge in [0.15, 0.2) is 0 Å². The van der Waals surface area contributed by atoms with Crippen LogP contribution in [-0.4, -0.2) is 52.7 Å². The molecular weight excluding hydrogens is 647 g/mol. The first-order chi connectivity index (χ1) is 23.3. The molecule has 2 heterocycles. The highest BCUT2D eigenvalue weighted by Crippen LogP contribution is 2.44. The normalized spacial score (nSPS) is 19.1. The lowest BCUT2D eigenvalue weighted by Crippen LogP contribution is -2.62. The van der Waals surface area contributed by atoms with Crippen LogP contribution in [0.25, 0.3) is 10.1 Å². The van der Waals surface area contributed by atoms with Crippen LogP contribution in [0.5, 0.6) is 5.75 Å². The smallest absolute Gasteiger partial charge is 0.435 e. The fraction of sp³-hybridized carbons (Fsp3) is 0.425. The number of carbonyl (C=O) groups excluding carboxylic acids is 2. The summed E-state index contributed by atoms with van der Waals surface area (Å²) < 4.78 is 15.2. The molecule has 2 aromatic carbocycles. The highest BCUT2D eigenvalue weighted by Gasteiger charge is 2.53. The summed E-state index contributed by atoms with van der Waals surface area (Å²) in [4.78, 5) is 29.3. The molecule has 0 aliphatic heterocycles. The molecule has 0 bridgehead atoms. The van der Waals surface area contributed by atoms with E-state index in [1.54, 1.807) is 17.5 Å². The predicted octanol–water partition coefficient (Wildman–Crippen LogP) is 8.89. The summed E-state index contributed by atoms with van der Waals surface area (Å²) in [5, 5.41) is 9.99. The molecule has 0 spiro atoms. The van der Waals surface area contributed by atoms with Crippen LogP contribution in [0.1, 0.15) is 95.3 Å². The number of hydrogen-bond acceptors (Lipinski definition) is 6. The Balaban J connectivity index is 1.16. The van der Waals surface area contributed by atoms with Gasteiger partial charge in [-0.1, -0.05) is 69.3 Å². The van der Waals surface area contributed by atoms with Gasteiger partial charge in [0.05, 0.1) is 11.3 Å². The minimum absolute atomic E-state index is 0.0578. The Kier molecular flexibility index (Phi) is 8.72. The third-order valence-electron chi connectivity index (χ3n) is 9.88. The Labute approximate surface area is 294 Å². The Hall–Kier alpha value is -3.95. The molecule has 2 atom stereocenters. The van der Waals surface area contributed by atoms with Crippen LogP contribution in [0.3, 0.4) is 0 Å². The highest BCUT2D eigenvalue weighted by molar-refractivity contribution is 7.17. The molecule has 3 aliphatic carbocycles. The number of amides is 1. The average molecular weight is 694 g/mol. The van der Waals surface area contributed by atoms with Crippen LogP contribution in [0, 0.1) is 0 Å². The summed E-state index contributed by atoms with van der Waals surface area (Å²) in [5.41, 5.74) is 2.10. The van der Waals surface area contributed by atoms with Gasteiger partial charge >= 0.3 is 14.4 Å². The number of ether oxygens (including phenoxy) is 1. The number of rotatable bonds is 7. The molecule has 0 radical (unpaired) electrons. The SMILES string of the molecule is CC(C)(C)OC(=O)n1cc2c(n1)CCC(N(C(=O)c1csc3cc(O[Si](C4=CCCC=C4)(c4ccccc4)C(C)(C)C)ccc13)C1CC1)C2. The molecule has 1 saturated carbocycles. The fourth-order valence-electron chi connectivity index (χ4n) is 7.51. The van der Waals surface area contributed by atoms with Crippen molar-refractivity contribution in [3.8, 4) is 5.75 Å².